The Bertz CT molecular complexity index is 1160. The molecule has 1 saturated heterocycles. The van der Waals surface area contributed by atoms with Crippen LogP contribution in [0.15, 0.2) is 72.8 Å². The number of nitrogens with one attached hydrogen (secondary N) is 1. The number of carbonyl (C=O) groups excluding carboxylic acids is 2. The molecule has 2 atom stereocenters. The van der Waals surface area contributed by atoms with E-state index in [1.807, 2.05) is 24.3 Å². The van der Waals surface area contributed by atoms with E-state index in [9.17, 15) is 9.59 Å². The molecule has 6 nitrogen and oxygen atoms in total. The second-order valence-corrected chi connectivity index (χ2v) is 9.50. The van der Waals surface area contributed by atoms with E-state index in [0.717, 1.165) is 5.56 Å². The third kappa shape index (κ3) is 5.78. The van der Waals surface area contributed by atoms with Crippen LogP contribution in [0.2, 0.25) is 10.0 Å². The van der Waals surface area contributed by atoms with E-state index in [0.29, 0.717) is 33.0 Å². The summed E-state index contributed by atoms with van der Waals surface area (Å²) >= 11 is 13.5. The molecule has 1 N–H and O–H groups in total. The first-order valence-corrected chi connectivity index (χ1v) is 12.3. The Morgan fingerprint density at radius 3 is 2.38 bits per heavy atom. The molecular formula is C25H22Cl2N2O4S. The maximum absolute atomic E-state index is 13.3. The van der Waals surface area contributed by atoms with Gasteiger partial charge in [0.2, 0.25) is 5.91 Å². The molecule has 4 rings (SSSR count). The van der Waals surface area contributed by atoms with Crippen molar-refractivity contribution in [3.63, 3.8) is 0 Å². The lowest BCUT2D eigenvalue weighted by Gasteiger charge is -2.29. The van der Waals surface area contributed by atoms with Crippen LogP contribution in [0.4, 0.5) is 5.69 Å². The monoisotopic (exact) mass is 516 g/mol. The van der Waals surface area contributed by atoms with Crippen molar-refractivity contribution in [2.75, 3.05) is 24.8 Å². The molecule has 176 valence electrons. The van der Waals surface area contributed by atoms with E-state index >= 15 is 0 Å². The van der Waals surface area contributed by atoms with Crippen LogP contribution in [0, 0.1) is 0 Å². The molecule has 0 saturated carbocycles. The predicted molar refractivity (Wildman–Crippen MR) is 136 cm³/mol. The highest BCUT2D eigenvalue weighted by atomic mass is 35.5. The highest BCUT2D eigenvalue weighted by Gasteiger charge is 2.42. The maximum atomic E-state index is 13.3. The standard InChI is InChI=1S/C25H22Cl2N2O4S/c1-32-20-9-5-16(6-10-20)25-29(23(30)14-33-21-11-7-17(26)8-12-21)22(15-34-25)24(31)28-19-4-2-3-18(27)13-19/h2-13,22,25H,14-15H2,1H3,(H,28,31). The number of thioether (sulfide) groups is 1. The molecule has 3 aromatic carbocycles. The summed E-state index contributed by atoms with van der Waals surface area (Å²) in [4.78, 5) is 28.1. The number of ether oxygens (including phenoxy) is 2. The maximum Gasteiger partial charge on any atom is 0.262 e. The Morgan fingerprint density at radius 2 is 1.71 bits per heavy atom. The van der Waals surface area contributed by atoms with E-state index in [1.54, 1.807) is 60.5 Å². The van der Waals surface area contributed by atoms with E-state index in [1.165, 1.54) is 11.8 Å². The molecule has 1 aliphatic heterocycles. The minimum Gasteiger partial charge on any atom is -0.497 e. The highest BCUT2D eigenvalue weighted by Crippen LogP contribution is 2.42. The Kier molecular flexibility index (Phi) is 7.88. The molecule has 34 heavy (non-hydrogen) atoms. The number of methoxy groups -OCH3 is 1. The molecule has 0 aromatic heterocycles. The van der Waals surface area contributed by atoms with Gasteiger partial charge in [-0.15, -0.1) is 11.8 Å². The average molecular weight is 517 g/mol. The molecular weight excluding hydrogens is 495 g/mol. The molecule has 1 fully saturated rings. The second-order valence-electron chi connectivity index (χ2n) is 7.52. The van der Waals surface area contributed by atoms with Crippen molar-refractivity contribution in [1.82, 2.24) is 4.90 Å². The molecule has 1 aliphatic rings. The predicted octanol–water partition coefficient (Wildman–Crippen LogP) is 5.66. The van der Waals surface area contributed by atoms with Gasteiger partial charge < -0.3 is 19.7 Å². The molecule has 2 amide bonds. The van der Waals surface area contributed by atoms with Gasteiger partial charge in [0, 0.05) is 21.5 Å². The van der Waals surface area contributed by atoms with Crippen molar-refractivity contribution in [2.45, 2.75) is 11.4 Å². The number of hydrogen-bond donors (Lipinski definition) is 1. The minimum absolute atomic E-state index is 0.213. The summed E-state index contributed by atoms with van der Waals surface area (Å²) in [7, 11) is 1.60. The molecule has 1 heterocycles. The van der Waals surface area contributed by atoms with Crippen LogP contribution < -0.4 is 14.8 Å². The molecule has 3 aromatic rings. The van der Waals surface area contributed by atoms with Crippen LogP contribution in [0.1, 0.15) is 10.9 Å². The zero-order valence-corrected chi connectivity index (χ0v) is 20.6. The average Bonchev–Trinajstić information content (AvgIpc) is 3.29. The summed E-state index contributed by atoms with van der Waals surface area (Å²) in [5.74, 6) is 1.09. The highest BCUT2D eigenvalue weighted by molar-refractivity contribution is 7.99. The minimum atomic E-state index is -0.683. The van der Waals surface area contributed by atoms with Gasteiger partial charge in [-0.3, -0.25) is 9.59 Å². The number of rotatable bonds is 7. The molecule has 9 heteroatoms. The quantitative estimate of drug-likeness (QED) is 0.438. The van der Waals surface area contributed by atoms with Gasteiger partial charge in [-0.25, -0.2) is 0 Å². The van der Waals surface area contributed by atoms with E-state index in [4.69, 9.17) is 32.7 Å². The number of nitrogens with zero attached hydrogens (tertiary/aromatic N) is 1. The molecule has 0 radical (unpaired) electrons. The third-order valence-corrected chi connectivity index (χ3v) is 7.07. The fourth-order valence-corrected chi connectivity index (χ4v) is 5.35. The Morgan fingerprint density at radius 1 is 1.00 bits per heavy atom. The molecule has 0 aliphatic carbocycles. The third-order valence-electron chi connectivity index (χ3n) is 5.26. The summed E-state index contributed by atoms with van der Waals surface area (Å²) in [6.07, 6.45) is 0. The Balaban J connectivity index is 1.55. The van der Waals surface area contributed by atoms with E-state index in [2.05, 4.69) is 5.32 Å². The first-order valence-electron chi connectivity index (χ1n) is 10.5. The normalized spacial score (nSPS) is 17.3. The van der Waals surface area contributed by atoms with Gasteiger partial charge in [0.1, 0.15) is 22.9 Å². The lowest BCUT2D eigenvalue weighted by Crippen LogP contribution is -2.47. The first kappa shape index (κ1) is 24.3. The zero-order chi connectivity index (χ0) is 24.1. The number of hydrogen-bond acceptors (Lipinski definition) is 5. The van der Waals surface area contributed by atoms with Crippen molar-refractivity contribution in [1.29, 1.82) is 0 Å². The number of amides is 2. The van der Waals surface area contributed by atoms with E-state index < -0.39 is 6.04 Å². The summed E-state index contributed by atoms with van der Waals surface area (Å²) in [6.45, 7) is -0.213. The van der Waals surface area contributed by atoms with Gasteiger partial charge in [0.15, 0.2) is 6.61 Å². The van der Waals surface area contributed by atoms with Crippen molar-refractivity contribution in [2.24, 2.45) is 0 Å². The van der Waals surface area contributed by atoms with Gasteiger partial charge in [0.05, 0.1) is 7.11 Å². The van der Waals surface area contributed by atoms with Crippen molar-refractivity contribution in [3.05, 3.63) is 88.4 Å². The number of halogens is 2. The molecule has 0 spiro atoms. The lowest BCUT2D eigenvalue weighted by atomic mass is 10.1. The van der Waals surface area contributed by atoms with Crippen LogP contribution >= 0.6 is 35.0 Å². The summed E-state index contributed by atoms with van der Waals surface area (Å²) in [5, 5.41) is 3.62. The SMILES string of the molecule is COc1ccc(C2SCC(C(=O)Nc3cccc(Cl)c3)N2C(=O)COc2ccc(Cl)cc2)cc1. The summed E-state index contributed by atoms with van der Waals surface area (Å²) < 4.78 is 10.9. The van der Waals surface area contributed by atoms with Crippen LogP contribution in [-0.4, -0.2) is 42.2 Å². The Labute approximate surface area is 212 Å². The van der Waals surface area contributed by atoms with Gasteiger partial charge in [-0.1, -0.05) is 41.4 Å². The topological polar surface area (TPSA) is 67.9 Å². The number of anilines is 1. The second kappa shape index (κ2) is 11.0. The van der Waals surface area contributed by atoms with Crippen LogP contribution in [0.5, 0.6) is 11.5 Å². The largest absolute Gasteiger partial charge is 0.497 e. The number of benzene rings is 3. The lowest BCUT2D eigenvalue weighted by molar-refractivity contribution is -0.139. The summed E-state index contributed by atoms with van der Waals surface area (Å²) in [5.41, 5.74) is 1.46. The molecule has 2 unspecified atom stereocenters. The van der Waals surface area contributed by atoms with Crippen molar-refractivity contribution >= 4 is 52.5 Å². The Hall–Kier alpha value is -2.87. The van der Waals surface area contributed by atoms with Gasteiger partial charge >= 0.3 is 0 Å². The van der Waals surface area contributed by atoms with Gasteiger partial charge in [0.25, 0.3) is 5.91 Å². The van der Waals surface area contributed by atoms with E-state index in [-0.39, 0.29) is 23.8 Å². The fraction of sp³-hybridized carbons (Fsp3) is 0.200. The summed E-state index contributed by atoms with van der Waals surface area (Å²) in [6, 6.07) is 20.4. The van der Waals surface area contributed by atoms with Gasteiger partial charge in [-0.05, 0) is 60.2 Å². The number of carbonyl (C=O) groups is 2. The van der Waals surface area contributed by atoms with Crippen molar-refractivity contribution in [3.8, 4) is 11.5 Å². The van der Waals surface area contributed by atoms with Gasteiger partial charge in [-0.2, -0.15) is 0 Å². The smallest absolute Gasteiger partial charge is 0.262 e. The first-order chi connectivity index (χ1) is 16.4. The van der Waals surface area contributed by atoms with Crippen LogP contribution in [-0.2, 0) is 9.59 Å². The van der Waals surface area contributed by atoms with Crippen LogP contribution in [0.3, 0.4) is 0 Å². The zero-order valence-electron chi connectivity index (χ0n) is 18.2. The molecule has 0 bridgehead atoms. The van der Waals surface area contributed by atoms with Crippen LogP contribution in [0.25, 0.3) is 0 Å². The van der Waals surface area contributed by atoms with Crippen molar-refractivity contribution < 1.29 is 19.1 Å². The fourth-order valence-electron chi connectivity index (χ4n) is 3.58.